The van der Waals surface area contributed by atoms with E-state index in [9.17, 15) is 14.4 Å². The van der Waals surface area contributed by atoms with E-state index in [2.05, 4.69) is 0 Å². The molecule has 4 heteroatoms. The molecule has 0 heterocycles. The largest absolute Gasteiger partial charge is 0.497 e. The van der Waals surface area contributed by atoms with Crippen LogP contribution >= 0.6 is 0 Å². The molecule has 0 N–H and O–H groups in total. The Bertz CT molecular complexity index is 886. The Kier molecular flexibility index (Phi) is 4.20. The Morgan fingerprint density at radius 1 is 0.958 bits per heavy atom. The minimum atomic E-state index is -0.260. The molecular formula is C20H14O4. The number of benzene rings is 2. The van der Waals surface area contributed by atoms with Gasteiger partial charge in [0, 0.05) is 22.3 Å². The molecule has 0 atom stereocenters. The average molecular weight is 318 g/mol. The maximum atomic E-state index is 12.4. The third-order valence-corrected chi connectivity index (χ3v) is 3.77. The van der Waals surface area contributed by atoms with Crippen LogP contribution in [0.3, 0.4) is 0 Å². The zero-order chi connectivity index (χ0) is 17.1. The fourth-order valence-corrected chi connectivity index (χ4v) is 2.48. The highest BCUT2D eigenvalue weighted by Crippen LogP contribution is 2.22. The van der Waals surface area contributed by atoms with Crippen molar-refractivity contribution in [1.29, 1.82) is 0 Å². The number of carbonyl (C=O) groups is 3. The summed E-state index contributed by atoms with van der Waals surface area (Å²) >= 11 is 0. The molecule has 0 saturated carbocycles. The molecule has 0 spiro atoms. The standard InChI is InChI=1S/C20H14O4/c1-24-15-9-6-13(7-10-15)18(21)11-8-14-12-19(22)16-4-2-3-5-17(16)20(14)23/h2-12H,1H3/b11-8+. The molecule has 2 aromatic carbocycles. The lowest BCUT2D eigenvalue weighted by Crippen LogP contribution is -2.15. The first-order valence-electron chi connectivity index (χ1n) is 7.36. The third-order valence-electron chi connectivity index (χ3n) is 3.77. The molecule has 2 aromatic rings. The van der Waals surface area contributed by atoms with Gasteiger partial charge >= 0.3 is 0 Å². The number of Topliss-reactive ketones (excluding diaryl/α,β-unsaturated/α-hetero) is 1. The second kappa shape index (κ2) is 6.46. The van der Waals surface area contributed by atoms with E-state index < -0.39 is 0 Å². The van der Waals surface area contributed by atoms with Crippen LogP contribution in [0.15, 0.2) is 72.3 Å². The maximum absolute atomic E-state index is 12.4. The average Bonchev–Trinajstić information content (AvgIpc) is 2.63. The molecular weight excluding hydrogens is 304 g/mol. The first-order valence-corrected chi connectivity index (χ1v) is 7.36. The van der Waals surface area contributed by atoms with Gasteiger partial charge in [0.05, 0.1) is 7.11 Å². The predicted octanol–water partition coefficient (Wildman–Crippen LogP) is 3.44. The van der Waals surface area contributed by atoms with E-state index in [1.807, 2.05) is 0 Å². The number of carbonyl (C=O) groups excluding carboxylic acids is 3. The minimum Gasteiger partial charge on any atom is -0.497 e. The van der Waals surface area contributed by atoms with Crippen LogP contribution in [0.1, 0.15) is 31.1 Å². The SMILES string of the molecule is COc1ccc(C(=O)/C=C/C2=CC(=O)c3ccccc3C2=O)cc1. The van der Waals surface area contributed by atoms with Crippen molar-refractivity contribution in [2.24, 2.45) is 0 Å². The first kappa shape index (κ1) is 15.6. The van der Waals surface area contributed by atoms with Gasteiger partial charge in [0.15, 0.2) is 17.3 Å². The van der Waals surface area contributed by atoms with E-state index in [1.54, 1.807) is 55.6 Å². The summed E-state index contributed by atoms with van der Waals surface area (Å²) in [7, 11) is 1.55. The van der Waals surface area contributed by atoms with E-state index in [-0.39, 0.29) is 22.9 Å². The summed E-state index contributed by atoms with van der Waals surface area (Å²) in [6, 6.07) is 13.3. The third kappa shape index (κ3) is 2.94. The summed E-state index contributed by atoms with van der Waals surface area (Å²) in [6.07, 6.45) is 3.96. The predicted molar refractivity (Wildman–Crippen MR) is 89.7 cm³/mol. The van der Waals surface area contributed by atoms with Gasteiger partial charge in [-0.15, -0.1) is 0 Å². The van der Waals surface area contributed by atoms with Gasteiger partial charge in [-0.2, -0.15) is 0 Å². The highest BCUT2D eigenvalue weighted by molar-refractivity contribution is 6.25. The highest BCUT2D eigenvalue weighted by Gasteiger charge is 2.23. The Morgan fingerprint density at radius 2 is 1.62 bits per heavy atom. The van der Waals surface area contributed by atoms with Gasteiger partial charge in [0.2, 0.25) is 0 Å². The van der Waals surface area contributed by atoms with Crippen molar-refractivity contribution in [2.75, 3.05) is 7.11 Å². The molecule has 4 nitrogen and oxygen atoms in total. The van der Waals surface area contributed by atoms with Gasteiger partial charge in [0.1, 0.15) is 5.75 Å². The molecule has 0 radical (unpaired) electrons. The molecule has 0 fully saturated rings. The van der Waals surface area contributed by atoms with Gasteiger partial charge in [-0.25, -0.2) is 0 Å². The van der Waals surface area contributed by atoms with E-state index in [4.69, 9.17) is 4.74 Å². The van der Waals surface area contributed by atoms with Crippen molar-refractivity contribution in [3.8, 4) is 5.75 Å². The lowest BCUT2D eigenvalue weighted by Gasteiger charge is -2.12. The van der Waals surface area contributed by atoms with Crippen molar-refractivity contribution in [3.05, 3.63) is 89.0 Å². The normalized spacial score (nSPS) is 13.6. The van der Waals surface area contributed by atoms with Gasteiger partial charge in [-0.1, -0.05) is 24.3 Å². The summed E-state index contributed by atoms with van der Waals surface area (Å²) in [5, 5.41) is 0. The van der Waals surface area contributed by atoms with Crippen LogP contribution in [0.5, 0.6) is 5.75 Å². The molecule has 0 unspecified atom stereocenters. The summed E-state index contributed by atoms with van der Waals surface area (Å²) < 4.78 is 5.04. The molecule has 0 saturated heterocycles. The quantitative estimate of drug-likeness (QED) is 0.640. The van der Waals surface area contributed by atoms with Crippen LogP contribution < -0.4 is 4.74 Å². The number of ketones is 3. The van der Waals surface area contributed by atoms with Crippen LogP contribution in [0, 0.1) is 0 Å². The lowest BCUT2D eigenvalue weighted by atomic mass is 9.89. The van der Waals surface area contributed by atoms with Crippen LogP contribution in [-0.4, -0.2) is 24.5 Å². The number of fused-ring (bicyclic) bond motifs is 1. The van der Waals surface area contributed by atoms with Gasteiger partial charge in [-0.05, 0) is 42.5 Å². The van der Waals surface area contributed by atoms with Crippen molar-refractivity contribution in [1.82, 2.24) is 0 Å². The molecule has 0 amide bonds. The Morgan fingerprint density at radius 3 is 2.29 bits per heavy atom. The minimum absolute atomic E-state index is 0.209. The molecule has 24 heavy (non-hydrogen) atoms. The number of methoxy groups -OCH3 is 1. The fraction of sp³-hybridized carbons (Fsp3) is 0.0500. The Hall–Kier alpha value is -3.27. The number of rotatable bonds is 4. The number of hydrogen-bond acceptors (Lipinski definition) is 4. The second-order valence-corrected chi connectivity index (χ2v) is 5.26. The van der Waals surface area contributed by atoms with E-state index in [0.717, 1.165) is 0 Å². The fourth-order valence-electron chi connectivity index (χ4n) is 2.48. The van der Waals surface area contributed by atoms with E-state index >= 15 is 0 Å². The monoisotopic (exact) mass is 318 g/mol. The van der Waals surface area contributed by atoms with Crippen molar-refractivity contribution in [3.63, 3.8) is 0 Å². The zero-order valence-corrected chi connectivity index (χ0v) is 13.0. The summed E-state index contributed by atoms with van der Waals surface area (Å²) in [5.74, 6) is -0.0914. The maximum Gasteiger partial charge on any atom is 0.193 e. The molecule has 1 aliphatic carbocycles. The highest BCUT2D eigenvalue weighted by atomic mass is 16.5. The van der Waals surface area contributed by atoms with Crippen LogP contribution in [0.4, 0.5) is 0 Å². The van der Waals surface area contributed by atoms with Gasteiger partial charge in [-0.3, -0.25) is 14.4 Å². The van der Waals surface area contributed by atoms with Gasteiger partial charge in [0.25, 0.3) is 0 Å². The summed E-state index contributed by atoms with van der Waals surface area (Å²) in [5.41, 5.74) is 1.44. The topological polar surface area (TPSA) is 60.4 Å². The molecule has 0 bridgehead atoms. The summed E-state index contributed by atoms with van der Waals surface area (Å²) in [4.78, 5) is 36.6. The van der Waals surface area contributed by atoms with Crippen molar-refractivity contribution < 1.29 is 19.1 Å². The first-order chi connectivity index (χ1) is 11.6. The van der Waals surface area contributed by atoms with Crippen molar-refractivity contribution >= 4 is 17.3 Å². The molecule has 0 aromatic heterocycles. The van der Waals surface area contributed by atoms with Crippen LogP contribution in [0.25, 0.3) is 0 Å². The lowest BCUT2D eigenvalue weighted by molar-refractivity contribution is 0.0987. The smallest absolute Gasteiger partial charge is 0.193 e. The number of hydrogen-bond donors (Lipinski definition) is 0. The van der Waals surface area contributed by atoms with Gasteiger partial charge < -0.3 is 4.74 Å². The molecule has 1 aliphatic rings. The van der Waals surface area contributed by atoms with E-state index in [1.165, 1.54) is 18.2 Å². The zero-order valence-electron chi connectivity index (χ0n) is 13.0. The Balaban J connectivity index is 1.83. The van der Waals surface area contributed by atoms with E-state index in [0.29, 0.717) is 22.4 Å². The molecule has 3 rings (SSSR count). The van der Waals surface area contributed by atoms with Crippen LogP contribution in [0.2, 0.25) is 0 Å². The number of allylic oxidation sites excluding steroid dienone is 4. The summed E-state index contributed by atoms with van der Waals surface area (Å²) in [6.45, 7) is 0. The second-order valence-electron chi connectivity index (χ2n) is 5.26. The molecule has 0 aliphatic heterocycles. The van der Waals surface area contributed by atoms with Crippen LogP contribution in [-0.2, 0) is 0 Å². The molecule has 118 valence electrons. The number of ether oxygens (including phenoxy) is 1. The van der Waals surface area contributed by atoms with Crippen molar-refractivity contribution in [2.45, 2.75) is 0 Å². The Labute approximate surface area is 139 Å².